The van der Waals surface area contributed by atoms with Crippen LogP contribution in [0.5, 0.6) is 34.5 Å². The molecule has 0 amide bonds. The van der Waals surface area contributed by atoms with Gasteiger partial charge in [0.2, 0.25) is 0 Å². The smallest absolute Gasteiger partial charge is 0.256 e. The quantitative estimate of drug-likeness (QED) is 0.121. The van der Waals surface area contributed by atoms with Gasteiger partial charge in [-0.15, -0.1) is 0 Å². The first-order valence-electron chi connectivity index (χ1n) is 32.4. The minimum Gasteiger partial charge on any atom is -0.458 e. The van der Waals surface area contributed by atoms with E-state index < -0.39 is 0 Å². The van der Waals surface area contributed by atoms with E-state index in [1.807, 2.05) is 0 Å². The summed E-state index contributed by atoms with van der Waals surface area (Å²) >= 11 is 0. The fourth-order valence-electron chi connectivity index (χ4n) is 16.7. The largest absolute Gasteiger partial charge is 0.458 e. The molecule has 0 saturated heterocycles. The van der Waals surface area contributed by atoms with Gasteiger partial charge in [-0.1, -0.05) is 176 Å². The van der Waals surface area contributed by atoms with E-state index in [1.165, 1.54) is 54.2 Å². The lowest BCUT2D eigenvalue weighted by molar-refractivity contribution is 0.487. The van der Waals surface area contributed by atoms with E-state index in [-0.39, 0.29) is 20.1 Å². The van der Waals surface area contributed by atoms with Crippen molar-refractivity contribution in [1.29, 1.82) is 0 Å². The summed E-state index contributed by atoms with van der Waals surface area (Å²) in [7, 11) is 0. The normalized spacial score (nSPS) is 13.7. The van der Waals surface area contributed by atoms with Crippen LogP contribution in [-0.4, -0.2) is 20.1 Å². The maximum atomic E-state index is 7.30. The van der Waals surface area contributed by atoms with Gasteiger partial charge in [0.15, 0.2) is 0 Å². The van der Waals surface area contributed by atoms with Crippen molar-refractivity contribution in [2.75, 3.05) is 19.6 Å². The molecule has 7 nitrogen and oxygen atoms in total. The average molecular weight is 1200 g/mol. The highest BCUT2D eigenvalue weighted by Crippen LogP contribution is 2.51. The second kappa shape index (κ2) is 19.7. The molecule has 0 fully saturated rings. The lowest BCUT2D eigenvalue weighted by Crippen LogP contribution is -2.59. The lowest BCUT2D eigenvalue weighted by Gasteiger charge is -2.42. The summed E-state index contributed by atoms with van der Waals surface area (Å²) in [4.78, 5) is 9.84. The zero-order valence-electron chi connectivity index (χ0n) is 50.7. The van der Waals surface area contributed by atoms with Crippen molar-refractivity contribution in [3.8, 4) is 34.5 Å². The lowest BCUT2D eigenvalue weighted by atomic mass is 9.33. The van der Waals surface area contributed by atoms with E-state index >= 15 is 0 Å². The molecule has 15 aromatic rings. The predicted molar refractivity (Wildman–Crippen MR) is 391 cm³/mol. The number of ether oxygens (including phenoxy) is 3. The van der Waals surface area contributed by atoms with Crippen molar-refractivity contribution in [2.45, 2.75) is 0 Å². The summed E-state index contributed by atoms with van der Waals surface area (Å²) in [6.07, 6.45) is 0. The number of anilines is 12. The third-order valence-electron chi connectivity index (χ3n) is 20.5. The minimum atomic E-state index is -0.199. The Labute approximate surface area is 544 Å². The number of hydrogen-bond acceptors (Lipinski definition) is 7. The van der Waals surface area contributed by atoms with Crippen LogP contribution in [0.1, 0.15) is 0 Å². The molecule has 6 aliphatic rings. The van der Waals surface area contributed by atoms with Gasteiger partial charge >= 0.3 is 0 Å². The number of rotatable bonds is 6. The Balaban J connectivity index is 0.921. The van der Waals surface area contributed by atoms with Gasteiger partial charge in [0.1, 0.15) is 34.5 Å². The SMILES string of the molecule is c1ccc(N(c2ccccc2)c2cc3c4c(c2)N(c2ccccc2)c2cc5c(cc2B4c2ccccc2O3)c2cc3c(cc2c2cc4c(cc25)B2c5ccccc5Oc5cccc(c52)N4c2ccccc2)B2c4ccccc4Oc4cccc(c42)N3c2ccccc2)cc1. The third-order valence-corrected chi connectivity index (χ3v) is 20.5. The maximum absolute atomic E-state index is 7.30. The monoisotopic (exact) mass is 1200 g/mol. The van der Waals surface area contributed by atoms with Gasteiger partial charge in [-0.2, -0.15) is 0 Å². The Bertz CT molecular complexity index is 5590. The fraction of sp³-hybridized carbons (Fsp3) is 0. The Morgan fingerprint density at radius 1 is 0.213 bits per heavy atom. The fourth-order valence-corrected chi connectivity index (χ4v) is 16.7. The first-order chi connectivity index (χ1) is 46.6. The van der Waals surface area contributed by atoms with Gasteiger partial charge in [0.25, 0.3) is 20.1 Å². The summed E-state index contributed by atoms with van der Waals surface area (Å²) in [6, 6.07) is 113. The van der Waals surface area contributed by atoms with Gasteiger partial charge in [0, 0.05) is 68.6 Å². The predicted octanol–water partition coefficient (Wildman–Crippen LogP) is 15.8. The molecule has 6 aliphatic heterocycles. The highest BCUT2D eigenvalue weighted by molar-refractivity contribution is 7.01. The summed E-state index contributed by atoms with van der Waals surface area (Å²) in [5.41, 5.74) is 23.5. The van der Waals surface area contributed by atoms with Crippen LogP contribution >= 0.6 is 0 Å². The van der Waals surface area contributed by atoms with Gasteiger partial charge in [-0.25, -0.2) is 0 Å². The highest BCUT2D eigenvalue weighted by Gasteiger charge is 2.47. The summed E-state index contributed by atoms with van der Waals surface area (Å²) < 4.78 is 21.2. The zero-order valence-corrected chi connectivity index (χ0v) is 50.7. The van der Waals surface area contributed by atoms with Crippen molar-refractivity contribution in [2.24, 2.45) is 0 Å². The summed E-state index contributed by atoms with van der Waals surface area (Å²) in [5.74, 6) is 5.20. The molecule has 21 rings (SSSR count). The molecule has 0 radical (unpaired) electrons. The van der Waals surface area contributed by atoms with Gasteiger partial charge in [0.05, 0.1) is 5.69 Å². The Hall–Kier alpha value is -12.1. The average Bonchev–Trinajstić information content (AvgIpc) is 0.698. The van der Waals surface area contributed by atoms with Gasteiger partial charge in [-0.05, 0) is 209 Å². The second-order valence-corrected chi connectivity index (χ2v) is 25.4. The number of benzene rings is 15. The van der Waals surface area contributed by atoms with Gasteiger partial charge in [-0.3, -0.25) is 0 Å². The van der Waals surface area contributed by atoms with Gasteiger partial charge < -0.3 is 33.8 Å². The molecule has 0 saturated carbocycles. The minimum absolute atomic E-state index is 0.120. The first-order valence-corrected chi connectivity index (χ1v) is 32.4. The molecule has 0 spiro atoms. The zero-order chi connectivity index (χ0) is 61.3. The molecule has 434 valence electrons. The molecule has 94 heavy (non-hydrogen) atoms. The van der Waals surface area contributed by atoms with E-state index in [1.54, 1.807) is 0 Å². The van der Waals surface area contributed by atoms with E-state index in [0.717, 1.165) is 130 Å². The van der Waals surface area contributed by atoms with Crippen LogP contribution in [0.15, 0.2) is 309 Å². The Kier molecular flexibility index (Phi) is 10.8. The van der Waals surface area contributed by atoms with E-state index in [4.69, 9.17) is 14.2 Å². The molecule has 10 heteroatoms. The molecule has 0 atom stereocenters. The molecule has 0 unspecified atom stereocenters. The molecule has 0 aromatic heterocycles. The maximum Gasteiger partial charge on any atom is 0.256 e. The van der Waals surface area contributed by atoms with Crippen LogP contribution in [0.4, 0.5) is 68.2 Å². The Morgan fingerprint density at radius 3 is 0.915 bits per heavy atom. The van der Waals surface area contributed by atoms with Crippen LogP contribution < -0.4 is 83.0 Å². The molecule has 15 aromatic carbocycles. The van der Waals surface area contributed by atoms with E-state index in [9.17, 15) is 0 Å². The second-order valence-electron chi connectivity index (χ2n) is 25.4. The van der Waals surface area contributed by atoms with Crippen molar-refractivity contribution in [3.05, 3.63) is 309 Å². The van der Waals surface area contributed by atoms with E-state index in [2.05, 4.69) is 329 Å². The molecule has 0 N–H and O–H groups in total. The third kappa shape index (κ3) is 7.30. The number of nitrogens with zero attached hydrogens (tertiary/aromatic N) is 4. The highest BCUT2D eigenvalue weighted by atomic mass is 16.5. The summed E-state index contributed by atoms with van der Waals surface area (Å²) in [6.45, 7) is -0.448. The standard InChI is InChI=1S/C84H51B3N4O3/c1-6-24-52(25-7-1)88(53-26-8-2-9-27-53)57-44-75-84-81(45-57)94-78-41-21-18-36-66(78)87(84)69-48-60-62-50-73-67(85-64-34-16-19-39-76(64)92-79-42-22-37-70(82(79)85)90(73)55-30-12-4-13-31-55)46-58(62)61-49-72-68(47-59(61)63(60)51-74(69)91(75)56-32-14-5-15-33-56)86-65-35-17-20-40-77(65)93-80-43-23-38-71(83(80)86)89(72)54-28-10-3-11-29-54/h1-51H. The molecular weight excluding hydrogens is 1150 g/mol. The van der Waals surface area contributed by atoms with Crippen molar-refractivity contribution < 1.29 is 14.2 Å². The molecule has 6 heterocycles. The number of para-hydroxylation sites is 8. The van der Waals surface area contributed by atoms with Crippen LogP contribution in [-0.2, 0) is 0 Å². The van der Waals surface area contributed by atoms with Crippen molar-refractivity contribution in [3.63, 3.8) is 0 Å². The van der Waals surface area contributed by atoms with Crippen LogP contribution in [0, 0.1) is 0 Å². The number of fused-ring (bicyclic) bond motifs is 18. The molecule has 0 bridgehead atoms. The van der Waals surface area contributed by atoms with E-state index in [0.29, 0.717) is 0 Å². The van der Waals surface area contributed by atoms with Crippen molar-refractivity contribution >= 4 is 170 Å². The first kappa shape index (κ1) is 51.6. The number of hydrogen-bond donors (Lipinski definition) is 0. The molecule has 0 aliphatic carbocycles. The van der Waals surface area contributed by atoms with Crippen LogP contribution in [0.25, 0.3) is 32.3 Å². The van der Waals surface area contributed by atoms with Crippen molar-refractivity contribution in [1.82, 2.24) is 0 Å². The molecular formula is C84H51B3N4O3. The summed E-state index contributed by atoms with van der Waals surface area (Å²) in [5, 5.41) is 7.02. The van der Waals surface area contributed by atoms with Crippen LogP contribution in [0.3, 0.4) is 0 Å². The van der Waals surface area contributed by atoms with Crippen LogP contribution in [0.2, 0.25) is 0 Å². The topological polar surface area (TPSA) is 40.6 Å². The Morgan fingerprint density at radius 2 is 0.521 bits per heavy atom.